The Balaban J connectivity index is 1.82. The second-order valence-electron chi connectivity index (χ2n) is 4.06. The molecule has 16 heavy (non-hydrogen) atoms. The Morgan fingerprint density at radius 2 is 2.19 bits per heavy atom. The predicted octanol–water partition coefficient (Wildman–Crippen LogP) is 1.32. The summed E-state index contributed by atoms with van der Waals surface area (Å²) in [5.41, 5.74) is 0. The molecule has 4 heteroatoms. The van der Waals surface area contributed by atoms with Gasteiger partial charge >= 0.3 is 0 Å². The lowest BCUT2D eigenvalue weighted by atomic mass is 10.3. The third-order valence-corrected chi connectivity index (χ3v) is 2.55. The third-order valence-electron chi connectivity index (χ3n) is 2.55. The van der Waals surface area contributed by atoms with E-state index in [4.69, 9.17) is 9.84 Å². The van der Waals surface area contributed by atoms with Crippen molar-refractivity contribution >= 4 is 0 Å². The van der Waals surface area contributed by atoms with Gasteiger partial charge in [-0.1, -0.05) is 12.1 Å². The molecule has 88 valence electrons. The molecule has 1 fully saturated rings. The van der Waals surface area contributed by atoms with Crippen LogP contribution >= 0.6 is 0 Å². The fourth-order valence-corrected chi connectivity index (χ4v) is 1.49. The van der Waals surface area contributed by atoms with Crippen LogP contribution in [0.3, 0.4) is 0 Å². The van der Waals surface area contributed by atoms with Gasteiger partial charge in [0.2, 0.25) is 0 Å². The normalized spacial score (nSPS) is 17.1. The highest BCUT2D eigenvalue weighted by atomic mass is 19.1. The van der Waals surface area contributed by atoms with E-state index in [0.717, 1.165) is 12.8 Å². The van der Waals surface area contributed by atoms with E-state index in [1.165, 1.54) is 6.07 Å². The van der Waals surface area contributed by atoms with E-state index in [1.54, 1.807) is 18.2 Å². The summed E-state index contributed by atoms with van der Waals surface area (Å²) in [6.07, 6.45) is 2.30. The topological polar surface area (TPSA) is 41.5 Å². The van der Waals surface area contributed by atoms with Crippen molar-refractivity contribution in [2.24, 2.45) is 0 Å². The Bertz CT molecular complexity index is 342. The summed E-state index contributed by atoms with van der Waals surface area (Å²) in [4.78, 5) is 0. The molecule has 3 nitrogen and oxygen atoms in total. The summed E-state index contributed by atoms with van der Waals surface area (Å²) in [6.45, 7) is 0.291. The summed E-state index contributed by atoms with van der Waals surface area (Å²) in [5, 5.41) is 12.3. The monoisotopic (exact) mass is 225 g/mol. The number of para-hydroxylation sites is 1. The van der Waals surface area contributed by atoms with Gasteiger partial charge in [-0.2, -0.15) is 0 Å². The molecule has 0 saturated heterocycles. The van der Waals surface area contributed by atoms with Crippen LogP contribution in [-0.2, 0) is 0 Å². The van der Waals surface area contributed by atoms with Crippen LogP contribution in [-0.4, -0.2) is 30.4 Å². The van der Waals surface area contributed by atoms with Crippen molar-refractivity contribution in [2.75, 3.05) is 13.2 Å². The van der Waals surface area contributed by atoms with Gasteiger partial charge in [0.15, 0.2) is 11.6 Å². The minimum Gasteiger partial charge on any atom is -0.489 e. The van der Waals surface area contributed by atoms with Crippen molar-refractivity contribution in [1.29, 1.82) is 0 Å². The Kier molecular flexibility index (Phi) is 3.74. The van der Waals surface area contributed by atoms with E-state index >= 15 is 0 Å². The zero-order valence-electron chi connectivity index (χ0n) is 9.03. The first kappa shape index (κ1) is 11.4. The molecule has 1 aliphatic carbocycles. The standard InChI is InChI=1S/C12H16FNO2/c13-11-3-1-2-4-12(11)16-8-10(7-15)14-9-5-6-9/h1-4,9-10,14-15H,5-8H2. The fraction of sp³-hybridized carbons (Fsp3) is 0.500. The van der Waals surface area contributed by atoms with Gasteiger partial charge in [0.05, 0.1) is 12.6 Å². The lowest BCUT2D eigenvalue weighted by molar-refractivity contribution is 0.178. The second kappa shape index (κ2) is 5.27. The van der Waals surface area contributed by atoms with Gasteiger partial charge in [-0.25, -0.2) is 4.39 Å². The Morgan fingerprint density at radius 1 is 1.44 bits per heavy atom. The molecule has 0 bridgehead atoms. The molecule has 1 aromatic rings. The van der Waals surface area contributed by atoms with E-state index in [9.17, 15) is 4.39 Å². The van der Waals surface area contributed by atoms with Crippen molar-refractivity contribution in [3.05, 3.63) is 30.1 Å². The number of hydrogen-bond acceptors (Lipinski definition) is 3. The van der Waals surface area contributed by atoms with Crippen molar-refractivity contribution in [3.63, 3.8) is 0 Å². The van der Waals surface area contributed by atoms with Crippen molar-refractivity contribution in [2.45, 2.75) is 24.9 Å². The van der Waals surface area contributed by atoms with Gasteiger partial charge in [0.1, 0.15) is 6.61 Å². The average molecular weight is 225 g/mol. The second-order valence-corrected chi connectivity index (χ2v) is 4.06. The molecule has 0 radical (unpaired) electrons. The fourth-order valence-electron chi connectivity index (χ4n) is 1.49. The third kappa shape index (κ3) is 3.18. The number of nitrogens with one attached hydrogen (secondary N) is 1. The zero-order chi connectivity index (χ0) is 11.4. The van der Waals surface area contributed by atoms with Crippen molar-refractivity contribution < 1.29 is 14.2 Å². The summed E-state index contributed by atoms with van der Waals surface area (Å²) >= 11 is 0. The Labute approximate surface area is 94.2 Å². The molecule has 0 aliphatic heterocycles. The summed E-state index contributed by atoms with van der Waals surface area (Å²) < 4.78 is 18.5. The van der Waals surface area contributed by atoms with Gasteiger partial charge in [-0.15, -0.1) is 0 Å². The smallest absolute Gasteiger partial charge is 0.165 e. The van der Waals surface area contributed by atoms with Crippen LogP contribution in [0.15, 0.2) is 24.3 Å². The maximum absolute atomic E-state index is 13.2. The minimum atomic E-state index is -0.370. The first-order valence-corrected chi connectivity index (χ1v) is 5.54. The van der Waals surface area contributed by atoms with E-state index < -0.39 is 0 Å². The summed E-state index contributed by atoms with van der Waals surface area (Å²) in [6, 6.07) is 6.67. The lowest BCUT2D eigenvalue weighted by Gasteiger charge is -2.16. The molecule has 1 atom stereocenters. The van der Waals surface area contributed by atoms with E-state index in [-0.39, 0.29) is 30.8 Å². The zero-order valence-corrected chi connectivity index (χ0v) is 9.03. The molecule has 1 unspecified atom stereocenters. The molecule has 0 spiro atoms. The number of rotatable bonds is 6. The highest BCUT2D eigenvalue weighted by Crippen LogP contribution is 2.20. The number of benzene rings is 1. The minimum absolute atomic E-state index is 0.00491. The van der Waals surface area contributed by atoms with Crippen molar-refractivity contribution in [3.8, 4) is 5.75 Å². The van der Waals surface area contributed by atoms with Crippen LogP contribution in [0.5, 0.6) is 5.75 Å². The SMILES string of the molecule is OCC(COc1ccccc1F)NC1CC1. The number of hydrogen-bond donors (Lipinski definition) is 2. The lowest BCUT2D eigenvalue weighted by Crippen LogP contribution is -2.39. The van der Waals surface area contributed by atoms with Crippen LogP contribution in [0.1, 0.15) is 12.8 Å². The molecule has 0 amide bonds. The Morgan fingerprint density at radius 3 is 2.81 bits per heavy atom. The molecular formula is C12H16FNO2. The first-order chi connectivity index (χ1) is 7.79. The molecule has 0 aromatic heterocycles. The van der Waals surface area contributed by atoms with Gasteiger partial charge in [0.25, 0.3) is 0 Å². The largest absolute Gasteiger partial charge is 0.489 e. The van der Waals surface area contributed by atoms with E-state index in [0.29, 0.717) is 6.04 Å². The van der Waals surface area contributed by atoms with Gasteiger partial charge in [-0.3, -0.25) is 0 Å². The molecule has 1 aromatic carbocycles. The van der Waals surface area contributed by atoms with Crippen LogP contribution < -0.4 is 10.1 Å². The van der Waals surface area contributed by atoms with Crippen molar-refractivity contribution in [1.82, 2.24) is 5.32 Å². The number of aliphatic hydroxyl groups excluding tert-OH is 1. The molecule has 1 saturated carbocycles. The molecule has 2 N–H and O–H groups in total. The van der Waals surface area contributed by atoms with E-state index in [2.05, 4.69) is 5.32 Å². The maximum Gasteiger partial charge on any atom is 0.165 e. The molecule has 0 heterocycles. The molecular weight excluding hydrogens is 209 g/mol. The van der Waals surface area contributed by atoms with E-state index in [1.807, 2.05) is 0 Å². The number of halogens is 1. The maximum atomic E-state index is 13.2. The average Bonchev–Trinajstić information content (AvgIpc) is 3.10. The number of aliphatic hydroxyl groups is 1. The van der Waals surface area contributed by atoms with Crippen LogP contribution in [0.4, 0.5) is 4.39 Å². The van der Waals surface area contributed by atoms with Gasteiger partial charge in [-0.05, 0) is 25.0 Å². The Hall–Kier alpha value is -1.13. The van der Waals surface area contributed by atoms with Gasteiger partial charge < -0.3 is 15.2 Å². The number of ether oxygens (including phenoxy) is 1. The molecule has 2 rings (SSSR count). The first-order valence-electron chi connectivity index (χ1n) is 5.54. The summed E-state index contributed by atoms with van der Waals surface area (Å²) in [7, 11) is 0. The predicted molar refractivity (Wildman–Crippen MR) is 58.9 cm³/mol. The highest BCUT2D eigenvalue weighted by molar-refractivity contribution is 5.23. The summed E-state index contributed by atoms with van der Waals surface area (Å²) in [5.74, 6) is -0.135. The van der Waals surface area contributed by atoms with Crippen LogP contribution in [0, 0.1) is 5.82 Å². The highest BCUT2D eigenvalue weighted by Gasteiger charge is 2.24. The quantitative estimate of drug-likeness (QED) is 0.767. The van der Waals surface area contributed by atoms with Crippen LogP contribution in [0.25, 0.3) is 0 Å². The van der Waals surface area contributed by atoms with Crippen LogP contribution in [0.2, 0.25) is 0 Å². The molecule has 1 aliphatic rings. The van der Waals surface area contributed by atoms with Gasteiger partial charge in [0, 0.05) is 6.04 Å².